The summed E-state index contributed by atoms with van der Waals surface area (Å²) in [6, 6.07) is 7.62. The van der Waals surface area contributed by atoms with Gasteiger partial charge < -0.3 is 10.2 Å². The van der Waals surface area contributed by atoms with Crippen molar-refractivity contribution >= 4 is 0 Å². The monoisotopic (exact) mass is 188 g/mol. The topological polar surface area (TPSA) is 52.0 Å². The van der Waals surface area contributed by atoms with Crippen molar-refractivity contribution in [1.82, 2.24) is 4.98 Å². The smallest absolute Gasteiger partial charge is 0.135 e. The van der Waals surface area contributed by atoms with Crippen molar-refractivity contribution in [3.05, 3.63) is 42.4 Å². The molecule has 2 heterocycles. The second kappa shape index (κ2) is 3.64. The molecule has 0 unspecified atom stereocenters. The number of nitrogens with zero attached hydrogens (tertiary/aromatic N) is 1. The minimum absolute atomic E-state index is 0.0272. The van der Waals surface area contributed by atoms with Gasteiger partial charge in [0.1, 0.15) is 5.76 Å². The van der Waals surface area contributed by atoms with Crippen molar-refractivity contribution in [3.63, 3.8) is 0 Å². The van der Waals surface area contributed by atoms with Crippen LogP contribution in [0.15, 0.2) is 41.1 Å². The first kappa shape index (κ1) is 8.97. The number of rotatable bonds is 2. The minimum atomic E-state index is -0.0272. The molecule has 0 saturated heterocycles. The number of furan rings is 1. The number of hydrogen-bond acceptors (Lipinski definition) is 3. The van der Waals surface area contributed by atoms with E-state index in [1.807, 2.05) is 31.2 Å². The molecule has 0 aliphatic heterocycles. The van der Waals surface area contributed by atoms with E-state index in [2.05, 4.69) is 4.98 Å². The Labute approximate surface area is 82.6 Å². The summed E-state index contributed by atoms with van der Waals surface area (Å²) in [6.45, 7) is 1.91. The van der Waals surface area contributed by atoms with E-state index >= 15 is 0 Å². The third kappa shape index (κ3) is 1.67. The van der Waals surface area contributed by atoms with E-state index in [4.69, 9.17) is 10.2 Å². The van der Waals surface area contributed by atoms with E-state index in [9.17, 15) is 0 Å². The highest BCUT2D eigenvalue weighted by molar-refractivity contribution is 5.55. The maximum Gasteiger partial charge on any atom is 0.135 e. The molecule has 72 valence electrons. The fraction of sp³-hybridized carbons (Fsp3) is 0.182. The van der Waals surface area contributed by atoms with Crippen LogP contribution in [-0.4, -0.2) is 4.98 Å². The number of aromatic nitrogens is 1. The van der Waals surface area contributed by atoms with Gasteiger partial charge in [0.05, 0.1) is 12.0 Å². The van der Waals surface area contributed by atoms with Crippen molar-refractivity contribution in [2.24, 2.45) is 5.73 Å². The molecule has 0 amide bonds. The molecule has 0 radical (unpaired) electrons. The van der Waals surface area contributed by atoms with Gasteiger partial charge in [0, 0.05) is 17.8 Å². The van der Waals surface area contributed by atoms with Gasteiger partial charge in [0.15, 0.2) is 0 Å². The van der Waals surface area contributed by atoms with Crippen LogP contribution < -0.4 is 5.73 Å². The molecular weight excluding hydrogens is 176 g/mol. The first-order valence-electron chi connectivity index (χ1n) is 4.53. The Bertz CT molecular complexity index is 390. The lowest BCUT2D eigenvalue weighted by Gasteiger charge is -2.04. The third-order valence-electron chi connectivity index (χ3n) is 2.06. The van der Waals surface area contributed by atoms with Crippen LogP contribution in [0.2, 0.25) is 0 Å². The predicted molar refractivity (Wildman–Crippen MR) is 54.5 cm³/mol. The molecule has 0 spiro atoms. The molecule has 0 bridgehead atoms. The number of nitrogens with two attached hydrogens (primary N) is 1. The summed E-state index contributed by atoms with van der Waals surface area (Å²) in [5.41, 5.74) is 7.56. The van der Waals surface area contributed by atoms with E-state index < -0.39 is 0 Å². The van der Waals surface area contributed by atoms with Crippen molar-refractivity contribution in [2.75, 3.05) is 0 Å². The molecule has 2 N–H and O–H groups in total. The average molecular weight is 188 g/mol. The van der Waals surface area contributed by atoms with Crippen LogP contribution in [0, 0.1) is 0 Å². The van der Waals surface area contributed by atoms with E-state index in [0.717, 1.165) is 17.0 Å². The zero-order valence-electron chi connectivity index (χ0n) is 7.97. The van der Waals surface area contributed by atoms with Gasteiger partial charge in [-0.2, -0.15) is 0 Å². The van der Waals surface area contributed by atoms with Gasteiger partial charge in [-0.1, -0.05) is 0 Å². The van der Waals surface area contributed by atoms with Crippen LogP contribution in [-0.2, 0) is 0 Å². The summed E-state index contributed by atoms with van der Waals surface area (Å²) < 4.78 is 5.25. The Morgan fingerprint density at radius 2 is 2.21 bits per heavy atom. The maximum absolute atomic E-state index is 5.70. The lowest BCUT2D eigenvalue weighted by molar-refractivity contribution is 0.582. The molecule has 2 rings (SSSR count). The summed E-state index contributed by atoms with van der Waals surface area (Å²) in [6.07, 6.45) is 3.42. The Kier molecular flexibility index (Phi) is 2.33. The van der Waals surface area contributed by atoms with Crippen molar-refractivity contribution < 1.29 is 4.42 Å². The molecular formula is C11H12N2O. The Morgan fingerprint density at radius 1 is 1.36 bits per heavy atom. The lowest BCUT2D eigenvalue weighted by Crippen LogP contribution is -2.06. The molecule has 2 aromatic heterocycles. The normalized spacial score (nSPS) is 12.7. The van der Waals surface area contributed by atoms with Crippen molar-refractivity contribution in [2.45, 2.75) is 13.0 Å². The predicted octanol–water partition coefficient (Wildman–Crippen LogP) is 2.36. The van der Waals surface area contributed by atoms with E-state index in [0.29, 0.717) is 0 Å². The van der Waals surface area contributed by atoms with Crippen LogP contribution in [0.1, 0.15) is 18.7 Å². The lowest BCUT2D eigenvalue weighted by atomic mass is 10.1. The highest BCUT2D eigenvalue weighted by Crippen LogP contribution is 2.19. The molecule has 0 aliphatic carbocycles. The SMILES string of the molecule is C[C@@H](N)c1ccc(-c2ccco2)cn1. The van der Waals surface area contributed by atoms with Gasteiger partial charge in [-0.05, 0) is 31.2 Å². The molecule has 1 atom stereocenters. The quantitative estimate of drug-likeness (QED) is 0.787. The Balaban J connectivity index is 2.31. The average Bonchev–Trinajstić information content (AvgIpc) is 2.71. The van der Waals surface area contributed by atoms with Gasteiger partial charge in [-0.25, -0.2) is 0 Å². The van der Waals surface area contributed by atoms with Crippen molar-refractivity contribution in [3.8, 4) is 11.3 Å². The summed E-state index contributed by atoms with van der Waals surface area (Å²) in [5.74, 6) is 0.828. The summed E-state index contributed by atoms with van der Waals surface area (Å²) in [4.78, 5) is 4.25. The van der Waals surface area contributed by atoms with E-state index in [1.165, 1.54) is 0 Å². The molecule has 0 aromatic carbocycles. The van der Waals surface area contributed by atoms with Crippen LogP contribution >= 0.6 is 0 Å². The van der Waals surface area contributed by atoms with Gasteiger partial charge in [0.25, 0.3) is 0 Å². The zero-order chi connectivity index (χ0) is 9.97. The van der Waals surface area contributed by atoms with Gasteiger partial charge in [0.2, 0.25) is 0 Å². The molecule has 3 nitrogen and oxygen atoms in total. The largest absolute Gasteiger partial charge is 0.464 e. The number of hydrogen-bond donors (Lipinski definition) is 1. The van der Waals surface area contributed by atoms with Crippen molar-refractivity contribution in [1.29, 1.82) is 0 Å². The summed E-state index contributed by atoms with van der Waals surface area (Å²) in [7, 11) is 0. The van der Waals surface area contributed by atoms with Crippen LogP contribution in [0.4, 0.5) is 0 Å². The van der Waals surface area contributed by atoms with Gasteiger partial charge >= 0.3 is 0 Å². The number of pyridine rings is 1. The molecule has 0 saturated carbocycles. The second-order valence-electron chi connectivity index (χ2n) is 3.24. The van der Waals surface area contributed by atoms with Gasteiger partial charge in [-0.3, -0.25) is 4.98 Å². The van der Waals surface area contributed by atoms with Crippen LogP contribution in [0.3, 0.4) is 0 Å². The second-order valence-corrected chi connectivity index (χ2v) is 3.24. The highest BCUT2D eigenvalue weighted by Gasteiger charge is 2.03. The molecule has 0 fully saturated rings. The fourth-order valence-corrected chi connectivity index (χ4v) is 1.26. The molecule has 0 aliphatic rings. The zero-order valence-corrected chi connectivity index (χ0v) is 7.97. The Morgan fingerprint density at radius 3 is 2.71 bits per heavy atom. The summed E-state index contributed by atoms with van der Waals surface area (Å²) >= 11 is 0. The van der Waals surface area contributed by atoms with Gasteiger partial charge in [-0.15, -0.1) is 0 Å². The molecule has 3 heteroatoms. The maximum atomic E-state index is 5.70. The minimum Gasteiger partial charge on any atom is -0.464 e. The third-order valence-corrected chi connectivity index (χ3v) is 2.06. The fourth-order valence-electron chi connectivity index (χ4n) is 1.26. The first-order valence-corrected chi connectivity index (χ1v) is 4.53. The highest BCUT2D eigenvalue weighted by atomic mass is 16.3. The van der Waals surface area contributed by atoms with E-state index in [1.54, 1.807) is 12.5 Å². The molecule has 14 heavy (non-hydrogen) atoms. The standard InChI is InChI=1S/C11H12N2O/c1-8(12)10-5-4-9(7-13-10)11-3-2-6-14-11/h2-8H,12H2,1H3/t8-/m1/s1. The Hall–Kier alpha value is -1.61. The van der Waals surface area contributed by atoms with Crippen LogP contribution in [0.5, 0.6) is 0 Å². The molecule has 2 aromatic rings. The summed E-state index contributed by atoms with van der Waals surface area (Å²) in [5, 5.41) is 0. The van der Waals surface area contributed by atoms with E-state index in [-0.39, 0.29) is 6.04 Å². The first-order chi connectivity index (χ1) is 6.77. The van der Waals surface area contributed by atoms with Crippen LogP contribution in [0.25, 0.3) is 11.3 Å².